The summed E-state index contributed by atoms with van der Waals surface area (Å²) in [7, 11) is -3.59. The standard InChI is InChI=1S/C30H28O2S/c1-17-11-19(3)29(20(4)12-17)23-7-9-25-26-10-8-24(16-28(26)33(31,32)27(25)15-23)30-21(5)13-18(2)14-22(30)6/h7-16H,1-6H3. The maximum Gasteiger partial charge on any atom is 0.207 e. The van der Waals surface area contributed by atoms with Gasteiger partial charge in [0.1, 0.15) is 0 Å². The first-order chi connectivity index (χ1) is 15.6. The smallest absolute Gasteiger partial charge is 0.207 e. The van der Waals surface area contributed by atoms with E-state index in [0.29, 0.717) is 9.79 Å². The minimum atomic E-state index is -3.59. The van der Waals surface area contributed by atoms with Crippen molar-refractivity contribution in [2.24, 2.45) is 0 Å². The van der Waals surface area contributed by atoms with Crippen molar-refractivity contribution in [2.75, 3.05) is 0 Å². The van der Waals surface area contributed by atoms with Gasteiger partial charge in [0.05, 0.1) is 9.79 Å². The van der Waals surface area contributed by atoms with Crippen LogP contribution in [0.3, 0.4) is 0 Å². The quantitative estimate of drug-likeness (QED) is 0.275. The van der Waals surface area contributed by atoms with Crippen molar-refractivity contribution in [3.05, 3.63) is 94.0 Å². The lowest BCUT2D eigenvalue weighted by Crippen LogP contribution is -1.99. The van der Waals surface area contributed by atoms with Crippen LogP contribution in [0.15, 0.2) is 70.5 Å². The van der Waals surface area contributed by atoms with E-state index in [0.717, 1.165) is 55.6 Å². The van der Waals surface area contributed by atoms with Gasteiger partial charge in [-0.2, -0.15) is 0 Å². The maximum absolute atomic E-state index is 13.7. The second-order valence-electron chi connectivity index (χ2n) is 9.47. The highest BCUT2D eigenvalue weighted by atomic mass is 32.2. The first-order valence-electron chi connectivity index (χ1n) is 11.3. The van der Waals surface area contributed by atoms with Crippen molar-refractivity contribution in [3.63, 3.8) is 0 Å². The van der Waals surface area contributed by atoms with Crippen molar-refractivity contribution >= 4 is 9.84 Å². The monoisotopic (exact) mass is 452 g/mol. The highest BCUT2D eigenvalue weighted by Gasteiger charge is 2.34. The molecule has 4 aromatic carbocycles. The van der Waals surface area contributed by atoms with Crippen LogP contribution in [0.5, 0.6) is 0 Å². The van der Waals surface area contributed by atoms with Gasteiger partial charge in [0.15, 0.2) is 0 Å². The van der Waals surface area contributed by atoms with Gasteiger partial charge >= 0.3 is 0 Å². The fourth-order valence-electron chi connectivity index (χ4n) is 5.63. The van der Waals surface area contributed by atoms with E-state index in [-0.39, 0.29) is 0 Å². The molecule has 0 unspecified atom stereocenters. The van der Waals surface area contributed by atoms with Gasteiger partial charge < -0.3 is 0 Å². The van der Waals surface area contributed by atoms with Crippen LogP contribution in [0.1, 0.15) is 33.4 Å². The van der Waals surface area contributed by atoms with Gasteiger partial charge in [0, 0.05) is 11.1 Å². The number of fused-ring (bicyclic) bond motifs is 3. The number of aryl methyl sites for hydroxylation is 6. The lowest BCUT2D eigenvalue weighted by Gasteiger charge is -2.13. The normalized spacial score (nSPS) is 13.6. The van der Waals surface area contributed by atoms with Crippen LogP contribution in [0.25, 0.3) is 33.4 Å². The molecule has 0 fully saturated rings. The Hall–Kier alpha value is -3.17. The summed E-state index contributed by atoms with van der Waals surface area (Å²) < 4.78 is 27.4. The first kappa shape index (κ1) is 21.7. The Balaban J connectivity index is 1.68. The Bertz CT molecular complexity index is 1410. The van der Waals surface area contributed by atoms with E-state index in [1.54, 1.807) is 0 Å². The Morgan fingerprint density at radius 3 is 1.15 bits per heavy atom. The molecule has 166 valence electrons. The average molecular weight is 453 g/mol. The molecule has 1 aliphatic rings. The number of hydrogen-bond donors (Lipinski definition) is 0. The lowest BCUT2D eigenvalue weighted by atomic mass is 9.91. The lowest BCUT2D eigenvalue weighted by molar-refractivity contribution is 0.598. The molecular formula is C30H28O2S. The van der Waals surface area contributed by atoms with Crippen LogP contribution in [-0.2, 0) is 9.84 Å². The highest BCUT2D eigenvalue weighted by Crippen LogP contribution is 2.46. The van der Waals surface area contributed by atoms with Crippen LogP contribution in [0, 0.1) is 41.5 Å². The third kappa shape index (κ3) is 3.34. The minimum absolute atomic E-state index is 0.406. The fourth-order valence-corrected chi connectivity index (χ4v) is 7.37. The Labute approximate surface area is 196 Å². The molecule has 1 heterocycles. The SMILES string of the molecule is Cc1cc(C)c(-c2ccc3c(c2)S(=O)(=O)c2cc(-c4c(C)cc(C)cc4C)ccc2-3)c(C)c1. The van der Waals surface area contributed by atoms with Gasteiger partial charge in [-0.15, -0.1) is 0 Å². The fraction of sp³-hybridized carbons (Fsp3) is 0.200. The van der Waals surface area contributed by atoms with E-state index in [1.165, 1.54) is 11.1 Å². The summed E-state index contributed by atoms with van der Waals surface area (Å²) in [5, 5.41) is 0. The minimum Gasteiger partial charge on any atom is -0.218 e. The summed E-state index contributed by atoms with van der Waals surface area (Å²) in [6.45, 7) is 12.5. The maximum atomic E-state index is 13.7. The molecule has 0 radical (unpaired) electrons. The summed E-state index contributed by atoms with van der Waals surface area (Å²) in [5.41, 5.74) is 12.8. The predicted octanol–water partition coefficient (Wildman–Crippen LogP) is 7.68. The summed E-state index contributed by atoms with van der Waals surface area (Å²) in [5.74, 6) is 0. The van der Waals surface area contributed by atoms with Crippen molar-refractivity contribution in [2.45, 2.75) is 51.3 Å². The third-order valence-corrected chi connectivity index (χ3v) is 8.60. The van der Waals surface area contributed by atoms with Crippen molar-refractivity contribution in [1.29, 1.82) is 0 Å². The van der Waals surface area contributed by atoms with Crippen molar-refractivity contribution < 1.29 is 8.42 Å². The molecule has 0 saturated heterocycles. The summed E-state index contributed by atoms with van der Waals surface area (Å²) >= 11 is 0. The van der Waals surface area contributed by atoms with Crippen molar-refractivity contribution in [3.8, 4) is 33.4 Å². The molecule has 4 aromatic rings. The number of rotatable bonds is 2. The van der Waals surface area contributed by atoms with Gasteiger partial charge in [-0.25, -0.2) is 8.42 Å². The van der Waals surface area contributed by atoms with Crippen LogP contribution < -0.4 is 0 Å². The van der Waals surface area contributed by atoms with E-state index < -0.39 is 9.84 Å². The Morgan fingerprint density at radius 2 is 0.818 bits per heavy atom. The average Bonchev–Trinajstić information content (AvgIpc) is 2.93. The van der Waals surface area contributed by atoms with Gasteiger partial charge in [-0.3, -0.25) is 0 Å². The van der Waals surface area contributed by atoms with E-state index in [2.05, 4.69) is 77.9 Å². The molecule has 0 spiro atoms. The molecule has 3 heteroatoms. The molecule has 33 heavy (non-hydrogen) atoms. The predicted molar refractivity (Wildman–Crippen MR) is 137 cm³/mol. The highest BCUT2D eigenvalue weighted by molar-refractivity contribution is 7.92. The van der Waals surface area contributed by atoms with Crippen LogP contribution >= 0.6 is 0 Å². The van der Waals surface area contributed by atoms with Crippen LogP contribution in [0.4, 0.5) is 0 Å². The molecule has 0 amide bonds. The molecule has 0 saturated carbocycles. The molecule has 0 bridgehead atoms. The van der Waals surface area contributed by atoms with Gasteiger partial charge in [0.25, 0.3) is 0 Å². The molecule has 2 nitrogen and oxygen atoms in total. The molecule has 0 aromatic heterocycles. The zero-order chi connectivity index (χ0) is 23.7. The van der Waals surface area contributed by atoms with Crippen LogP contribution in [0.2, 0.25) is 0 Å². The summed E-state index contributed by atoms with van der Waals surface area (Å²) in [6, 6.07) is 20.4. The Kier molecular flexibility index (Phi) is 4.88. The van der Waals surface area contributed by atoms with Crippen LogP contribution in [-0.4, -0.2) is 8.42 Å². The molecule has 0 atom stereocenters. The largest absolute Gasteiger partial charge is 0.218 e. The first-order valence-corrected chi connectivity index (χ1v) is 12.8. The molecular weight excluding hydrogens is 424 g/mol. The zero-order valence-electron chi connectivity index (χ0n) is 20.0. The molecule has 0 N–H and O–H groups in total. The van der Waals surface area contributed by atoms with Gasteiger partial charge in [-0.05, 0) is 98.2 Å². The molecule has 5 rings (SSSR count). The zero-order valence-corrected chi connectivity index (χ0v) is 20.8. The third-order valence-electron chi connectivity index (χ3n) is 6.76. The topological polar surface area (TPSA) is 34.1 Å². The van der Waals surface area contributed by atoms with Gasteiger partial charge in [0.2, 0.25) is 9.84 Å². The van der Waals surface area contributed by atoms with E-state index in [9.17, 15) is 8.42 Å². The van der Waals surface area contributed by atoms with E-state index >= 15 is 0 Å². The number of sulfone groups is 1. The molecule has 0 aliphatic carbocycles. The van der Waals surface area contributed by atoms with Crippen molar-refractivity contribution in [1.82, 2.24) is 0 Å². The second-order valence-corrected chi connectivity index (χ2v) is 11.4. The number of hydrogen-bond acceptors (Lipinski definition) is 2. The summed E-state index contributed by atoms with van der Waals surface area (Å²) in [4.78, 5) is 0.813. The summed E-state index contributed by atoms with van der Waals surface area (Å²) in [6.07, 6.45) is 0. The Morgan fingerprint density at radius 1 is 0.485 bits per heavy atom. The van der Waals surface area contributed by atoms with Gasteiger partial charge in [-0.1, -0.05) is 59.7 Å². The second kappa shape index (κ2) is 7.43. The van der Waals surface area contributed by atoms with E-state index in [1.807, 2.05) is 24.3 Å². The molecule has 1 aliphatic heterocycles. The number of benzene rings is 4. The van der Waals surface area contributed by atoms with E-state index in [4.69, 9.17) is 0 Å².